The summed E-state index contributed by atoms with van der Waals surface area (Å²) in [7, 11) is -3.63. The molecule has 1 amide bonds. The molecule has 0 radical (unpaired) electrons. The van der Waals surface area contributed by atoms with Crippen molar-refractivity contribution in [2.45, 2.75) is 17.9 Å². The van der Waals surface area contributed by atoms with E-state index in [2.05, 4.69) is 5.32 Å². The Hall–Kier alpha value is -2.48. The molecule has 0 spiro atoms. The van der Waals surface area contributed by atoms with E-state index in [9.17, 15) is 13.2 Å². The Morgan fingerprint density at radius 3 is 2.48 bits per heavy atom. The molecule has 4 rings (SSSR count). The topological polar surface area (TPSA) is 66.5 Å². The summed E-state index contributed by atoms with van der Waals surface area (Å²) < 4.78 is 27.5. The van der Waals surface area contributed by atoms with Crippen LogP contribution in [0.5, 0.6) is 0 Å². The molecule has 27 heavy (non-hydrogen) atoms. The molecule has 7 heteroatoms. The summed E-state index contributed by atoms with van der Waals surface area (Å²) in [6.07, 6.45) is 0.695. The van der Waals surface area contributed by atoms with Crippen LogP contribution < -0.4 is 5.32 Å². The van der Waals surface area contributed by atoms with Gasteiger partial charge in [-0.3, -0.25) is 4.79 Å². The first-order valence-corrected chi connectivity index (χ1v) is 10.9. The van der Waals surface area contributed by atoms with Gasteiger partial charge in [-0.2, -0.15) is 4.31 Å². The lowest BCUT2D eigenvalue weighted by atomic mass is 10.0. The summed E-state index contributed by atoms with van der Waals surface area (Å²) in [5.41, 5.74) is 2.90. The lowest BCUT2D eigenvalue weighted by molar-refractivity contribution is 0.103. The molecule has 0 saturated carbocycles. The fourth-order valence-electron chi connectivity index (χ4n) is 3.11. The summed E-state index contributed by atoms with van der Waals surface area (Å²) >= 11 is 1.14. The van der Waals surface area contributed by atoms with Crippen molar-refractivity contribution >= 4 is 33.0 Å². The molecule has 0 unspecified atom stereocenters. The van der Waals surface area contributed by atoms with Crippen LogP contribution in [0.15, 0.2) is 70.9 Å². The highest BCUT2D eigenvalue weighted by Crippen LogP contribution is 2.28. The lowest BCUT2D eigenvalue weighted by Gasteiger charge is -2.27. The predicted molar refractivity (Wildman–Crippen MR) is 106 cm³/mol. The van der Waals surface area contributed by atoms with Crippen LogP contribution in [0.25, 0.3) is 0 Å². The average Bonchev–Trinajstić information content (AvgIpc) is 3.20. The van der Waals surface area contributed by atoms with Crippen LogP contribution in [0, 0.1) is 0 Å². The van der Waals surface area contributed by atoms with Crippen LogP contribution in [-0.4, -0.2) is 25.2 Å². The zero-order valence-corrected chi connectivity index (χ0v) is 16.1. The molecular formula is C20H18N2O3S2. The highest BCUT2D eigenvalue weighted by atomic mass is 32.2. The third kappa shape index (κ3) is 3.66. The molecule has 0 fully saturated rings. The van der Waals surface area contributed by atoms with Gasteiger partial charge >= 0.3 is 0 Å². The number of benzene rings is 2. The van der Waals surface area contributed by atoms with Gasteiger partial charge in [-0.25, -0.2) is 8.42 Å². The second-order valence-corrected chi connectivity index (χ2v) is 9.17. The van der Waals surface area contributed by atoms with Gasteiger partial charge in [-0.1, -0.05) is 42.5 Å². The van der Waals surface area contributed by atoms with Crippen molar-refractivity contribution in [3.05, 3.63) is 82.0 Å². The Bertz CT molecular complexity index is 1080. The summed E-state index contributed by atoms with van der Waals surface area (Å²) in [6.45, 7) is 0.806. The molecule has 3 aromatic rings. The Balaban J connectivity index is 1.53. The molecule has 2 aromatic carbocycles. The minimum Gasteiger partial charge on any atom is -0.321 e. The number of nitrogens with zero attached hydrogens (tertiary/aromatic N) is 1. The first-order chi connectivity index (χ1) is 13.0. The number of carbonyl (C=O) groups is 1. The summed E-state index contributed by atoms with van der Waals surface area (Å²) in [5.74, 6) is -0.309. The van der Waals surface area contributed by atoms with E-state index < -0.39 is 10.0 Å². The molecule has 1 aliphatic heterocycles. The minimum atomic E-state index is -3.63. The number of anilines is 1. The molecule has 0 saturated heterocycles. The number of para-hydroxylation sites is 1. The van der Waals surface area contributed by atoms with Gasteiger partial charge in [0.1, 0.15) is 0 Å². The highest BCUT2D eigenvalue weighted by Gasteiger charge is 2.29. The minimum absolute atomic E-state index is 0.171. The fourth-order valence-corrected chi connectivity index (χ4v) is 5.69. The Kier molecular flexibility index (Phi) is 4.82. The summed E-state index contributed by atoms with van der Waals surface area (Å²) in [4.78, 5) is 12.9. The van der Waals surface area contributed by atoms with Crippen LogP contribution in [-0.2, 0) is 23.0 Å². The number of hydrogen-bond acceptors (Lipinski definition) is 4. The number of amides is 1. The maximum atomic E-state index is 13.0. The molecule has 1 aromatic heterocycles. The van der Waals surface area contributed by atoms with Crippen molar-refractivity contribution in [2.24, 2.45) is 0 Å². The Labute approximate surface area is 162 Å². The Morgan fingerprint density at radius 1 is 1.00 bits per heavy atom. The van der Waals surface area contributed by atoms with Crippen molar-refractivity contribution in [3.8, 4) is 0 Å². The van der Waals surface area contributed by atoms with Crippen LogP contribution in [0.1, 0.15) is 20.8 Å². The van der Waals surface area contributed by atoms with Crippen molar-refractivity contribution in [2.75, 3.05) is 11.9 Å². The van der Waals surface area contributed by atoms with E-state index >= 15 is 0 Å². The maximum absolute atomic E-state index is 13.0. The number of fused-ring (bicyclic) bond motifs is 1. The van der Waals surface area contributed by atoms with Gasteiger partial charge in [0.05, 0.1) is 9.77 Å². The molecule has 5 nitrogen and oxygen atoms in total. The second-order valence-electron chi connectivity index (χ2n) is 6.32. The number of nitrogens with one attached hydrogen (secondary N) is 1. The number of thiophene rings is 1. The van der Waals surface area contributed by atoms with Crippen molar-refractivity contribution in [1.82, 2.24) is 4.31 Å². The Morgan fingerprint density at radius 2 is 1.70 bits per heavy atom. The van der Waals surface area contributed by atoms with Crippen LogP contribution >= 0.6 is 11.3 Å². The van der Waals surface area contributed by atoms with Gasteiger partial charge in [0.25, 0.3) is 5.91 Å². The van der Waals surface area contributed by atoms with E-state index in [1.54, 1.807) is 12.1 Å². The number of rotatable bonds is 4. The van der Waals surface area contributed by atoms with E-state index in [1.165, 1.54) is 21.3 Å². The fraction of sp³-hybridized carbons (Fsp3) is 0.150. The number of hydrogen-bond donors (Lipinski definition) is 1. The largest absolute Gasteiger partial charge is 0.321 e. The van der Waals surface area contributed by atoms with Gasteiger partial charge in [0.2, 0.25) is 10.0 Å². The molecule has 138 valence electrons. The van der Waals surface area contributed by atoms with Gasteiger partial charge in [-0.15, -0.1) is 11.3 Å². The molecule has 0 bridgehead atoms. The standard InChI is InChI=1S/C20H18N2O3S2/c23-20(21-17-8-2-1-3-9-17)19-12-18(14-26-19)27(24,25)22-11-10-15-6-4-5-7-16(15)13-22/h1-9,12,14H,10-11,13H2,(H,21,23). The van der Waals surface area contributed by atoms with Gasteiger partial charge in [0.15, 0.2) is 0 Å². The molecule has 0 aliphatic carbocycles. The van der Waals surface area contributed by atoms with E-state index in [0.717, 1.165) is 16.9 Å². The average molecular weight is 399 g/mol. The summed E-state index contributed by atoms with van der Waals surface area (Å²) in [6, 6.07) is 18.4. The van der Waals surface area contributed by atoms with Crippen LogP contribution in [0.3, 0.4) is 0 Å². The molecule has 1 N–H and O–H groups in total. The normalized spacial score (nSPS) is 14.5. The summed E-state index contributed by atoms with van der Waals surface area (Å²) in [5, 5.41) is 4.32. The zero-order valence-electron chi connectivity index (χ0n) is 14.5. The van der Waals surface area contributed by atoms with Gasteiger partial charge in [-0.05, 0) is 35.7 Å². The molecule has 0 atom stereocenters. The first kappa shape index (κ1) is 17.9. The third-order valence-corrected chi connectivity index (χ3v) is 7.47. The number of sulfonamides is 1. The first-order valence-electron chi connectivity index (χ1n) is 8.56. The smallest absolute Gasteiger partial charge is 0.265 e. The quantitative estimate of drug-likeness (QED) is 0.728. The van der Waals surface area contributed by atoms with Crippen molar-refractivity contribution < 1.29 is 13.2 Å². The predicted octanol–water partition coefficient (Wildman–Crippen LogP) is 3.75. The van der Waals surface area contributed by atoms with E-state index in [-0.39, 0.29) is 10.8 Å². The second kappa shape index (κ2) is 7.26. The zero-order chi connectivity index (χ0) is 18.9. The third-order valence-electron chi connectivity index (χ3n) is 4.56. The van der Waals surface area contributed by atoms with Gasteiger partial charge < -0.3 is 5.32 Å². The molecule has 1 aliphatic rings. The SMILES string of the molecule is O=C(Nc1ccccc1)c1cc(S(=O)(=O)N2CCc3ccccc3C2)cs1. The van der Waals surface area contributed by atoms with Crippen LogP contribution in [0.4, 0.5) is 5.69 Å². The van der Waals surface area contributed by atoms with E-state index in [1.807, 2.05) is 42.5 Å². The number of carbonyl (C=O) groups excluding carboxylic acids is 1. The van der Waals surface area contributed by atoms with Crippen molar-refractivity contribution in [3.63, 3.8) is 0 Å². The van der Waals surface area contributed by atoms with Gasteiger partial charge in [0, 0.05) is 24.2 Å². The van der Waals surface area contributed by atoms with E-state index in [4.69, 9.17) is 0 Å². The highest BCUT2D eigenvalue weighted by molar-refractivity contribution is 7.89. The molecular weight excluding hydrogens is 380 g/mol. The maximum Gasteiger partial charge on any atom is 0.265 e. The van der Waals surface area contributed by atoms with Crippen LogP contribution in [0.2, 0.25) is 0 Å². The lowest BCUT2D eigenvalue weighted by Crippen LogP contribution is -2.35. The monoisotopic (exact) mass is 398 g/mol. The van der Waals surface area contributed by atoms with Crippen molar-refractivity contribution in [1.29, 1.82) is 0 Å². The molecule has 2 heterocycles. The van der Waals surface area contributed by atoms with E-state index in [0.29, 0.717) is 30.1 Å².